The Morgan fingerprint density at radius 2 is 2.19 bits per heavy atom. The van der Waals surface area contributed by atoms with Gasteiger partial charge in [0.05, 0.1) is 18.1 Å². The number of hydrogen-bond donors (Lipinski definition) is 1. The van der Waals surface area contributed by atoms with Crippen molar-refractivity contribution >= 4 is 18.0 Å². The van der Waals surface area contributed by atoms with Gasteiger partial charge in [0.1, 0.15) is 0 Å². The lowest BCUT2D eigenvalue weighted by Gasteiger charge is -2.19. The number of rotatable bonds is 6. The highest BCUT2D eigenvalue weighted by atomic mass is 16.4. The van der Waals surface area contributed by atoms with E-state index in [1.165, 1.54) is 6.08 Å². The molecular weight excluding hydrogens is 268 g/mol. The molecule has 0 radical (unpaired) electrons. The Hall–Kier alpha value is -2.61. The van der Waals surface area contributed by atoms with Crippen LogP contribution in [-0.4, -0.2) is 34.5 Å². The van der Waals surface area contributed by atoms with E-state index in [9.17, 15) is 9.59 Å². The lowest BCUT2D eigenvalue weighted by atomic mass is 10.1. The van der Waals surface area contributed by atoms with Gasteiger partial charge in [-0.05, 0) is 36.6 Å². The van der Waals surface area contributed by atoms with E-state index < -0.39 is 5.97 Å². The average molecular weight is 284 g/mol. The number of amides is 1. The van der Waals surface area contributed by atoms with E-state index >= 15 is 0 Å². The van der Waals surface area contributed by atoms with Crippen molar-refractivity contribution in [1.29, 1.82) is 5.26 Å². The van der Waals surface area contributed by atoms with Gasteiger partial charge in [-0.1, -0.05) is 12.1 Å². The maximum absolute atomic E-state index is 12.1. The van der Waals surface area contributed by atoms with E-state index in [0.29, 0.717) is 5.56 Å². The van der Waals surface area contributed by atoms with Crippen LogP contribution in [0.3, 0.4) is 0 Å². The molecule has 0 heterocycles. The molecule has 1 fully saturated rings. The van der Waals surface area contributed by atoms with Crippen LogP contribution in [0.25, 0.3) is 6.08 Å². The summed E-state index contributed by atoms with van der Waals surface area (Å²) in [4.78, 5) is 24.4. The van der Waals surface area contributed by atoms with Crippen molar-refractivity contribution in [3.63, 3.8) is 0 Å². The third-order valence-corrected chi connectivity index (χ3v) is 3.27. The molecule has 108 valence electrons. The van der Waals surface area contributed by atoms with E-state index in [2.05, 4.69) is 0 Å². The number of aliphatic carboxylic acids is 1. The minimum Gasteiger partial charge on any atom is -0.481 e. The van der Waals surface area contributed by atoms with Crippen LogP contribution in [0.4, 0.5) is 0 Å². The number of carboxylic acid groups (broad SMARTS) is 1. The zero-order valence-corrected chi connectivity index (χ0v) is 11.5. The summed E-state index contributed by atoms with van der Waals surface area (Å²) in [5.74, 6) is -1.08. The first-order valence-corrected chi connectivity index (χ1v) is 6.81. The Bertz CT molecular complexity index is 612. The van der Waals surface area contributed by atoms with Crippen molar-refractivity contribution in [2.45, 2.75) is 25.3 Å². The second kappa shape index (κ2) is 6.71. The molecule has 5 heteroatoms. The monoisotopic (exact) mass is 284 g/mol. The van der Waals surface area contributed by atoms with Crippen LogP contribution >= 0.6 is 0 Å². The smallest absolute Gasteiger partial charge is 0.305 e. The molecular formula is C16H16N2O3. The average Bonchev–Trinajstić information content (AvgIpc) is 3.30. The van der Waals surface area contributed by atoms with Gasteiger partial charge < -0.3 is 10.0 Å². The normalized spacial score (nSPS) is 13.9. The lowest BCUT2D eigenvalue weighted by molar-refractivity contribution is -0.138. The van der Waals surface area contributed by atoms with Crippen molar-refractivity contribution in [3.8, 4) is 6.07 Å². The Morgan fingerprint density at radius 1 is 1.43 bits per heavy atom. The fourth-order valence-electron chi connectivity index (χ4n) is 2.05. The van der Waals surface area contributed by atoms with Gasteiger partial charge in [0.25, 0.3) is 0 Å². The fourth-order valence-corrected chi connectivity index (χ4v) is 2.05. The molecule has 0 spiro atoms. The molecule has 1 aliphatic carbocycles. The molecule has 0 unspecified atom stereocenters. The van der Waals surface area contributed by atoms with E-state index in [1.54, 1.807) is 29.2 Å². The van der Waals surface area contributed by atoms with Crippen LogP contribution in [0.5, 0.6) is 0 Å². The summed E-state index contributed by atoms with van der Waals surface area (Å²) in [5, 5.41) is 17.6. The number of carbonyl (C=O) groups excluding carboxylic acids is 1. The van der Waals surface area contributed by atoms with Crippen LogP contribution in [0.1, 0.15) is 30.4 Å². The van der Waals surface area contributed by atoms with Gasteiger partial charge in [0.15, 0.2) is 0 Å². The summed E-state index contributed by atoms with van der Waals surface area (Å²) < 4.78 is 0. The third kappa shape index (κ3) is 4.46. The first kappa shape index (κ1) is 14.8. The molecule has 1 saturated carbocycles. The molecule has 1 aromatic carbocycles. The fraction of sp³-hybridized carbons (Fsp3) is 0.312. The number of carboxylic acids is 1. The molecule has 1 aliphatic rings. The summed E-state index contributed by atoms with van der Waals surface area (Å²) in [6.45, 7) is 0.238. The molecule has 1 N–H and O–H groups in total. The quantitative estimate of drug-likeness (QED) is 0.810. The topological polar surface area (TPSA) is 81.4 Å². The first-order chi connectivity index (χ1) is 10.1. The molecule has 1 aromatic rings. The summed E-state index contributed by atoms with van der Waals surface area (Å²) in [5.41, 5.74) is 1.31. The Kier molecular flexibility index (Phi) is 4.72. The molecule has 5 nitrogen and oxygen atoms in total. The number of benzene rings is 1. The van der Waals surface area contributed by atoms with Crippen molar-refractivity contribution in [2.75, 3.05) is 6.54 Å². The predicted molar refractivity (Wildman–Crippen MR) is 77.2 cm³/mol. The third-order valence-electron chi connectivity index (χ3n) is 3.27. The van der Waals surface area contributed by atoms with Gasteiger partial charge in [-0.15, -0.1) is 0 Å². The second-order valence-corrected chi connectivity index (χ2v) is 4.98. The van der Waals surface area contributed by atoms with Crippen molar-refractivity contribution < 1.29 is 14.7 Å². The molecule has 0 aromatic heterocycles. The molecule has 0 bridgehead atoms. The van der Waals surface area contributed by atoms with Gasteiger partial charge in [-0.3, -0.25) is 9.59 Å². The van der Waals surface area contributed by atoms with Gasteiger partial charge in [-0.25, -0.2) is 0 Å². The number of nitrogens with zero attached hydrogens (tertiary/aromatic N) is 2. The molecule has 1 amide bonds. The molecule has 0 atom stereocenters. The number of carbonyl (C=O) groups is 2. The predicted octanol–water partition coefficient (Wildman–Crippen LogP) is 2.04. The highest BCUT2D eigenvalue weighted by Gasteiger charge is 2.31. The summed E-state index contributed by atoms with van der Waals surface area (Å²) >= 11 is 0. The van der Waals surface area contributed by atoms with E-state index in [1.807, 2.05) is 12.1 Å². The summed E-state index contributed by atoms with van der Waals surface area (Å²) in [7, 11) is 0. The lowest BCUT2D eigenvalue weighted by Crippen LogP contribution is -2.33. The van der Waals surface area contributed by atoms with Crippen LogP contribution in [0.15, 0.2) is 30.3 Å². The molecule has 0 aliphatic heterocycles. The standard InChI is InChI=1S/C16H16N2O3/c17-11-13-3-1-2-12(10-13)4-7-15(19)18(14-5-6-14)9-8-16(20)21/h1-4,7,10,14H,5-6,8-9H2,(H,20,21)/b7-4+. The van der Waals surface area contributed by atoms with Crippen LogP contribution < -0.4 is 0 Å². The maximum Gasteiger partial charge on any atom is 0.305 e. The zero-order valence-electron chi connectivity index (χ0n) is 11.5. The Labute approximate surface area is 123 Å². The second-order valence-electron chi connectivity index (χ2n) is 4.98. The number of nitriles is 1. The first-order valence-electron chi connectivity index (χ1n) is 6.81. The van der Waals surface area contributed by atoms with Crippen molar-refractivity contribution in [2.24, 2.45) is 0 Å². The van der Waals surface area contributed by atoms with Gasteiger partial charge in [0.2, 0.25) is 5.91 Å². The van der Waals surface area contributed by atoms with E-state index in [-0.39, 0.29) is 24.9 Å². The number of hydrogen-bond acceptors (Lipinski definition) is 3. The molecule has 2 rings (SSSR count). The molecule has 0 saturated heterocycles. The van der Waals surface area contributed by atoms with Crippen molar-refractivity contribution in [1.82, 2.24) is 4.90 Å². The van der Waals surface area contributed by atoms with Gasteiger partial charge in [-0.2, -0.15) is 5.26 Å². The highest BCUT2D eigenvalue weighted by Crippen LogP contribution is 2.27. The van der Waals surface area contributed by atoms with E-state index in [4.69, 9.17) is 10.4 Å². The van der Waals surface area contributed by atoms with Crippen LogP contribution in [-0.2, 0) is 9.59 Å². The maximum atomic E-state index is 12.1. The Balaban J connectivity index is 2.02. The van der Waals surface area contributed by atoms with E-state index in [0.717, 1.165) is 18.4 Å². The largest absolute Gasteiger partial charge is 0.481 e. The van der Waals surface area contributed by atoms with Crippen LogP contribution in [0.2, 0.25) is 0 Å². The SMILES string of the molecule is N#Cc1cccc(/C=C/C(=O)N(CCC(=O)O)C2CC2)c1. The van der Waals surface area contributed by atoms with Gasteiger partial charge >= 0.3 is 5.97 Å². The highest BCUT2D eigenvalue weighted by molar-refractivity contribution is 5.92. The van der Waals surface area contributed by atoms with Gasteiger partial charge in [0, 0.05) is 18.7 Å². The minimum atomic E-state index is -0.904. The summed E-state index contributed by atoms with van der Waals surface area (Å²) in [6.07, 6.45) is 4.92. The van der Waals surface area contributed by atoms with Crippen LogP contribution in [0, 0.1) is 11.3 Å². The molecule has 21 heavy (non-hydrogen) atoms. The summed E-state index contributed by atoms with van der Waals surface area (Å²) in [6, 6.07) is 9.18. The Morgan fingerprint density at radius 3 is 2.81 bits per heavy atom. The minimum absolute atomic E-state index is 0.0417. The van der Waals surface area contributed by atoms with Crippen molar-refractivity contribution in [3.05, 3.63) is 41.5 Å². The zero-order chi connectivity index (χ0) is 15.2.